The number of hydrogen-bond donors (Lipinski definition) is 1. The fourth-order valence-corrected chi connectivity index (χ4v) is 4.60. The molecule has 0 unspecified atom stereocenters. The molecule has 1 N–H and O–H groups in total. The summed E-state index contributed by atoms with van der Waals surface area (Å²) in [5, 5.41) is 3.23. The molecule has 0 spiro atoms. The van der Waals surface area contributed by atoms with Crippen molar-refractivity contribution >= 4 is 44.8 Å². The number of carbonyl (C=O) groups excluding carboxylic acids is 1. The third-order valence-corrected chi connectivity index (χ3v) is 6.41. The Morgan fingerprint density at radius 1 is 1.10 bits per heavy atom. The minimum absolute atomic E-state index is 0.0466. The van der Waals surface area contributed by atoms with Gasteiger partial charge in [-0.05, 0) is 63.6 Å². The van der Waals surface area contributed by atoms with Crippen LogP contribution in [-0.2, 0) is 14.8 Å². The predicted octanol–water partition coefficient (Wildman–Crippen LogP) is 4.42. The zero-order chi connectivity index (χ0) is 22.0. The second-order valence-corrected chi connectivity index (χ2v) is 10.2. The molecule has 29 heavy (non-hydrogen) atoms. The molecule has 2 rings (SSSR count). The molecule has 0 aliphatic rings. The molecule has 1 amide bonds. The van der Waals surface area contributed by atoms with E-state index < -0.39 is 28.0 Å². The minimum Gasteiger partial charge on any atom is -0.495 e. The van der Waals surface area contributed by atoms with E-state index in [-0.39, 0.29) is 26.4 Å². The molecule has 9 heteroatoms. The Morgan fingerprint density at radius 2 is 1.76 bits per heavy atom. The summed E-state index contributed by atoms with van der Waals surface area (Å²) in [6, 6.07) is 9.21. The van der Waals surface area contributed by atoms with Crippen LogP contribution in [0.25, 0.3) is 0 Å². The third-order valence-electron chi connectivity index (χ3n) is 3.88. The summed E-state index contributed by atoms with van der Waals surface area (Å²) in [7, 11) is -2.77. The van der Waals surface area contributed by atoms with Gasteiger partial charge >= 0.3 is 0 Å². The first kappa shape index (κ1) is 23.3. The van der Waals surface area contributed by atoms with E-state index in [1.807, 2.05) is 20.8 Å². The lowest BCUT2D eigenvalue weighted by Crippen LogP contribution is -2.47. The maximum Gasteiger partial charge on any atom is 0.268 e. The van der Waals surface area contributed by atoms with Crippen molar-refractivity contribution in [3.8, 4) is 5.75 Å². The maximum absolute atomic E-state index is 13.6. The Balaban J connectivity index is 2.61. The summed E-state index contributed by atoms with van der Waals surface area (Å²) in [5.74, 6) is -0.282. The maximum atomic E-state index is 13.6. The van der Waals surface area contributed by atoms with Gasteiger partial charge in [0.2, 0.25) is 5.91 Å². The summed E-state index contributed by atoms with van der Waals surface area (Å²) in [6.07, 6.45) is 0. The fraction of sp³-hybridized carbons (Fsp3) is 0.350. The first-order valence-electron chi connectivity index (χ1n) is 8.78. The number of amides is 1. The Labute approximate surface area is 181 Å². The third kappa shape index (κ3) is 5.78. The first-order chi connectivity index (χ1) is 13.3. The van der Waals surface area contributed by atoms with Crippen LogP contribution in [0.3, 0.4) is 0 Å². The largest absolute Gasteiger partial charge is 0.495 e. The van der Waals surface area contributed by atoms with Crippen LogP contribution in [0.15, 0.2) is 41.3 Å². The molecule has 2 aromatic carbocycles. The molecule has 0 aliphatic carbocycles. The van der Waals surface area contributed by atoms with Gasteiger partial charge in [0.1, 0.15) is 17.2 Å². The minimum atomic E-state index is -4.15. The predicted molar refractivity (Wildman–Crippen MR) is 117 cm³/mol. The van der Waals surface area contributed by atoms with Gasteiger partial charge < -0.3 is 10.1 Å². The number of carbonyl (C=O) groups is 1. The van der Waals surface area contributed by atoms with Crippen LogP contribution in [0.4, 0.5) is 5.69 Å². The highest BCUT2D eigenvalue weighted by molar-refractivity contribution is 7.93. The second kappa shape index (κ2) is 8.81. The van der Waals surface area contributed by atoms with Crippen molar-refractivity contribution < 1.29 is 17.9 Å². The second-order valence-electron chi connectivity index (χ2n) is 7.56. The zero-order valence-electron chi connectivity index (χ0n) is 16.9. The lowest BCUT2D eigenvalue weighted by Gasteiger charge is -2.27. The van der Waals surface area contributed by atoms with Crippen LogP contribution < -0.4 is 14.4 Å². The van der Waals surface area contributed by atoms with Gasteiger partial charge in [-0.25, -0.2) is 8.42 Å². The molecule has 0 bridgehead atoms. The molecule has 6 nitrogen and oxygen atoms in total. The highest BCUT2D eigenvalue weighted by atomic mass is 35.5. The number of nitrogens with zero attached hydrogens (tertiary/aromatic N) is 1. The lowest BCUT2D eigenvalue weighted by molar-refractivity contribution is -0.121. The number of aryl methyl sites for hydroxylation is 1. The van der Waals surface area contributed by atoms with Crippen molar-refractivity contribution in [2.45, 2.75) is 38.1 Å². The molecule has 0 saturated carbocycles. The summed E-state index contributed by atoms with van der Waals surface area (Å²) in [6.45, 7) is 6.77. The summed E-state index contributed by atoms with van der Waals surface area (Å²) in [4.78, 5) is 12.5. The molecule has 0 aliphatic heterocycles. The fourth-order valence-electron chi connectivity index (χ4n) is 2.65. The lowest BCUT2D eigenvalue weighted by atomic mass is 10.1. The standard InChI is InChI=1S/C20H24Cl2N2O4S/c1-13-6-9-17(28-5)18(10-13)29(26,27)24(12-19(25)23-20(2,3)4)14-7-8-15(21)16(22)11-14/h6-11H,12H2,1-5H3,(H,23,25). The van der Waals surface area contributed by atoms with Gasteiger partial charge in [-0.15, -0.1) is 0 Å². The number of anilines is 1. The molecule has 158 valence electrons. The smallest absolute Gasteiger partial charge is 0.268 e. The number of sulfonamides is 1. The molecule has 0 atom stereocenters. The quantitative estimate of drug-likeness (QED) is 0.694. The van der Waals surface area contributed by atoms with Crippen molar-refractivity contribution in [2.75, 3.05) is 18.0 Å². The molecule has 0 heterocycles. The number of ether oxygens (including phenoxy) is 1. The Morgan fingerprint density at radius 3 is 2.31 bits per heavy atom. The summed E-state index contributed by atoms with van der Waals surface area (Å²) in [5.41, 5.74) is 0.426. The van der Waals surface area contributed by atoms with Crippen molar-refractivity contribution in [1.29, 1.82) is 0 Å². The molecule has 0 saturated heterocycles. The monoisotopic (exact) mass is 458 g/mol. The number of hydrogen-bond acceptors (Lipinski definition) is 4. The van der Waals surface area contributed by atoms with Crippen LogP contribution in [0, 0.1) is 6.92 Å². The van der Waals surface area contributed by atoms with E-state index in [9.17, 15) is 13.2 Å². The number of halogens is 2. The SMILES string of the molecule is COc1ccc(C)cc1S(=O)(=O)N(CC(=O)NC(C)(C)C)c1ccc(Cl)c(Cl)c1. The number of benzene rings is 2. The van der Waals surface area contributed by atoms with Gasteiger partial charge in [0.25, 0.3) is 10.0 Å². The molecule has 0 radical (unpaired) electrons. The highest BCUT2D eigenvalue weighted by Gasteiger charge is 2.31. The number of rotatable bonds is 6. The van der Waals surface area contributed by atoms with E-state index in [0.717, 1.165) is 9.87 Å². The van der Waals surface area contributed by atoms with Gasteiger partial charge in [-0.1, -0.05) is 29.3 Å². The zero-order valence-corrected chi connectivity index (χ0v) is 19.2. The summed E-state index contributed by atoms with van der Waals surface area (Å²) < 4.78 is 33.3. The van der Waals surface area contributed by atoms with E-state index in [0.29, 0.717) is 0 Å². The van der Waals surface area contributed by atoms with Crippen LogP contribution >= 0.6 is 23.2 Å². The van der Waals surface area contributed by atoms with Crippen molar-refractivity contribution in [3.05, 3.63) is 52.0 Å². The van der Waals surface area contributed by atoms with Crippen molar-refractivity contribution in [1.82, 2.24) is 5.32 Å². The van der Waals surface area contributed by atoms with E-state index in [1.54, 1.807) is 19.1 Å². The highest BCUT2D eigenvalue weighted by Crippen LogP contribution is 2.33. The number of methoxy groups -OCH3 is 1. The van der Waals surface area contributed by atoms with Gasteiger partial charge in [0, 0.05) is 5.54 Å². The van der Waals surface area contributed by atoms with Gasteiger partial charge in [0.05, 0.1) is 22.8 Å². The van der Waals surface area contributed by atoms with Crippen LogP contribution in [0.2, 0.25) is 10.0 Å². The van der Waals surface area contributed by atoms with E-state index in [2.05, 4.69) is 5.32 Å². The van der Waals surface area contributed by atoms with Crippen molar-refractivity contribution in [2.24, 2.45) is 0 Å². The van der Waals surface area contributed by atoms with E-state index in [4.69, 9.17) is 27.9 Å². The Hall–Kier alpha value is -1.96. The first-order valence-corrected chi connectivity index (χ1v) is 11.0. The van der Waals surface area contributed by atoms with Gasteiger partial charge in [-0.2, -0.15) is 0 Å². The van der Waals surface area contributed by atoms with E-state index in [1.165, 1.54) is 31.4 Å². The normalized spacial score (nSPS) is 11.8. The van der Waals surface area contributed by atoms with E-state index >= 15 is 0 Å². The average Bonchev–Trinajstić information content (AvgIpc) is 2.60. The topological polar surface area (TPSA) is 75.7 Å². The number of nitrogens with one attached hydrogen (secondary N) is 1. The molecular formula is C20H24Cl2N2O4S. The van der Waals surface area contributed by atoms with Crippen molar-refractivity contribution in [3.63, 3.8) is 0 Å². The molecule has 2 aromatic rings. The van der Waals surface area contributed by atoms with Crippen LogP contribution in [0.1, 0.15) is 26.3 Å². The van der Waals surface area contributed by atoms with Crippen LogP contribution in [-0.4, -0.2) is 33.5 Å². The Kier molecular flexibility index (Phi) is 7.09. The Bertz CT molecular complexity index is 1020. The molecule has 0 fully saturated rings. The average molecular weight is 459 g/mol. The summed E-state index contributed by atoms with van der Waals surface area (Å²) >= 11 is 12.1. The van der Waals surface area contributed by atoms with Gasteiger partial charge in [0.15, 0.2) is 0 Å². The van der Waals surface area contributed by atoms with Gasteiger partial charge in [-0.3, -0.25) is 9.10 Å². The molecule has 0 aromatic heterocycles. The molecular weight excluding hydrogens is 435 g/mol. The van der Waals surface area contributed by atoms with Crippen LogP contribution in [0.5, 0.6) is 5.75 Å².